The van der Waals surface area contributed by atoms with E-state index in [-0.39, 0.29) is 22.6 Å². The highest BCUT2D eigenvalue weighted by Gasteiger charge is 2.13. The van der Waals surface area contributed by atoms with Gasteiger partial charge in [0.05, 0.1) is 11.6 Å². The summed E-state index contributed by atoms with van der Waals surface area (Å²) in [5.41, 5.74) is 0.875. The third kappa shape index (κ3) is 3.42. The van der Waals surface area contributed by atoms with Crippen molar-refractivity contribution >= 4 is 34.0 Å². The van der Waals surface area contributed by atoms with Crippen molar-refractivity contribution in [2.24, 2.45) is 0 Å². The SMILES string of the molecule is COc1ccccc1C=c1sc2nc(=O)c(Cc3ccccc3Cl)nn2c1=O. The van der Waals surface area contributed by atoms with Gasteiger partial charge in [0.15, 0.2) is 0 Å². The van der Waals surface area contributed by atoms with E-state index in [1.165, 1.54) is 4.52 Å². The Morgan fingerprint density at radius 1 is 1.14 bits per heavy atom. The second kappa shape index (κ2) is 7.53. The molecule has 28 heavy (non-hydrogen) atoms. The Bertz CT molecular complexity index is 1350. The first kappa shape index (κ1) is 18.3. The molecule has 0 amide bonds. The Hall–Kier alpha value is -3.03. The first-order chi connectivity index (χ1) is 13.6. The molecular weight excluding hydrogens is 398 g/mol. The maximum atomic E-state index is 12.8. The molecule has 2 heterocycles. The number of benzene rings is 2. The molecule has 2 aromatic heterocycles. The maximum Gasteiger partial charge on any atom is 0.296 e. The fourth-order valence-electron chi connectivity index (χ4n) is 2.80. The third-order valence-corrected chi connectivity index (χ3v) is 5.52. The minimum absolute atomic E-state index is 0.171. The van der Waals surface area contributed by atoms with Gasteiger partial charge in [-0.3, -0.25) is 9.59 Å². The zero-order valence-electron chi connectivity index (χ0n) is 14.8. The monoisotopic (exact) mass is 411 g/mol. The number of hydrogen-bond donors (Lipinski definition) is 0. The van der Waals surface area contributed by atoms with Crippen LogP contribution in [0.25, 0.3) is 11.0 Å². The van der Waals surface area contributed by atoms with E-state index in [9.17, 15) is 9.59 Å². The van der Waals surface area contributed by atoms with E-state index in [1.54, 1.807) is 19.3 Å². The Morgan fingerprint density at radius 3 is 2.68 bits per heavy atom. The van der Waals surface area contributed by atoms with Gasteiger partial charge in [-0.2, -0.15) is 14.6 Å². The molecule has 140 valence electrons. The number of rotatable bonds is 4. The second-order valence-electron chi connectivity index (χ2n) is 5.98. The number of ether oxygens (including phenoxy) is 1. The molecule has 8 heteroatoms. The molecule has 0 aliphatic rings. The van der Waals surface area contributed by atoms with Crippen molar-refractivity contribution in [3.8, 4) is 5.75 Å². The molecule has 4 aromatic rings. The number of halogens is 1. The Labute approximate surface area is 168 Å². The lowest BCUT2D eigenvalue weighted by Crippen LogP contribution is -2.28. The molecule has 2 aromatic carbocycles. The van der Waals surface area contributed by atoms with Gasteiger partial charge in [0.2, 0.25) is 4.96 Å². The summed E-state index contributed by atoms with van der Waals surface area (Å²) in [5, 5.41) is 4.78. The highest BCUT2D eigenvalue weighted by molar-refractivity contribution is 7.15. The molecule has 0 saturated heterocycles. The number of aromatic nitrogens is 3. The van der Waals surface area contributed by atoms with E-state index in [0.717, 1.165) is 22.5 Å². The van der Waals surface area contributed by atoms with Crippen LogP contribution in [0.1, 0.15) is 16.8 Å². The van der Waals surface area contributed by atoms with Gasteiger partial charge in [-0.1, -0.05) is 59.3 Å². The van der Waals surface area contributed by atoms with Crippen LogP contribution >= 0.6 is 22.9 Å². The standard InChI is InChI=1S/C20H14ClN3O3S/c1-27-16-9-5-3-7-13(16)11-17-19(26)24-20(28-17)22-18(25)15(23-24)10-12-6-2-4-8-14(12)21/h2-9,11H,10H2,1H3. The fourth-order valence-corrected chi connectivity index (χ4v) is 3.90. The van der Waals surface area contributed by atoms with Gasteiger partial charge in [0.25, 0.3) is 11.1 Å². The van der Waals surface area contributed by atoms with Crippen LogP contribution in [0, 0.1) is 0 Å². The van der Waals surface area contributed by atoms with Gasteiger partial charge < -0.3 is 4.74 Å². The summed E-state index contributed by atoms with van der Waals surface area (Å²) in [7, 11) is 1.57. The summed E-state index contributed by atoms with van der Waals surface area (Å²) >= 11 is 7.28. The van der Waals surface area contributed by atoms with Crippen LogP contribution in [0.4, 0.5) is 0 Å². The lowest BCUT2D eigenvalue weighted by molar-refractivity contribution is 0.414. The van der Waals surface area contributed by atoms with Crippen molar-refractivity contribution in [2.45, 2.75) is 6.42 Å². The molecule has 0 bridgehead atoms. The minimum atomic E-state index is -0.468. The number of fused-ring (bicyclic) bond motifs is 1. The molecular formula is C20H14ClN3O3S. The summed E-state index contributed by atoms with van der Waals surface area (Å²) < 4.78 is 6.90. The summed E-state index contributed by atoms with van der Waals surface area (Å²) in [6.07, 6.45) is 1.91. The molecule has 0 fully saturated rings. The quantitative estimate of drug-likeness (QED) is 0.515. The molecule has 4 rings (SSSR count). The number of nitrogens with zero attached hydrogens (tertiary/aromatic N) is 3. The molecule has 0 aliphatic carbocycles. The van der Waals surface area contributed by atoms with Crippen molar-refractivity contribution in [1.82, 2.24) is 14.6 Å². The van der Waals surface area contributed by atoms with E-state index >= 15 is 0 Å². The Morgan fingerprint density at radius 2 is 1.89 bits per heavy atom. The van der Waals surface area contributed by atoms with Gasteiger partial charge in [-0.05, 0) is 23.8 Å². The van der Waals surface area contributed by atoms with Crippen LogP contribution in [-0.4, -0.2) is 21.7 Å². The minimum Gasteiger partial charge on any atom is -0.496 e. The normalized spacial score (nSPS) is 11.9. The molecule has 6 nitrogen and oxygen atoms in total. The van der Waals surface area contributed by atoms with Gasteiger partial charge in [0.1, 0.15) is 11.4 Å². The van der Waals surface area contributed by atoms with Crippen LogP contribution < -0.4 is 20.4 Å². The zero-order valence-corrected chi connectivity index (χ0v) is 16.3. The zero-order chi connectivity index (χ0) is 19.7. The van der Waals surface area contributed by atoms with Crippen molar-refractivity contribution < 1.29 is 4.74 Å². The highest BCUT2D eigenvalue weighted by Crippen LogP contribution is 2.18. The van der Waals surface area contributed by atoms with Crippen LogP contribution in [-0.2, 0) is 6.42 Å². The largest absolute Gasteiger partial charge is 0.496 e. The van der Waals surface area contributed by atoms with Crippen molar-refractivity contribution in [3.63, 3.8) is 0 Å². The number of methoxy groups -OCH3 is 1. The Kier molecular flexibility index (Phi) is 4.93. The Balaban J connectivity index is 1.84. The fraction of sp³-hybridized carbons (Fsp3) is 0.100. The van der Waals surface area contributed by atoms with Crippen LogP contribution in [0.15, 0.2) is 58.1 Å². The smallest absolute Gasteiger partial charge is 0.296 e. The average Bonchev–Trinajstić information content (AvgIpc) is 2.99. The maximum absolute atomic E-state index is 12.8. The summed E-state index contributed by atoms with van der Waals surface area (Å²) in [6, 6.07) is 14.5. The second-order valence-corrected chi connectivity index (χ2v) is 7.40. The predicted molar refractivity (Wildman–Crippen MR) is 109 cm³/mol. The van der Waals surface area contributed by atoms with Crippen molar-refractivity contribution in [1.29, 1.82) is 0 Å². The number of thiazole rings is 1. The molecule has 0 unspecified atom stereocenters. The lowest BCUT2D eigenvalue weighted by atomic mass is 10.1. The first-order valence-electron chi connectivity index (χ1n) is 8.38. The summed E-state index contributed by atoms with van der Waals surface area (Å²) in [6.45, 7) is 0. The van der Waals surface area contributed by atoms with E-state index < -0.39 is 5.56 Å². The summed E-state index contributed by atoms with van der Waals surface area (Å²) in [4.78, 5) is 29.4. The summed E-state index contributed by atoms with van der Waals surface area (Å²) in [5.74, 6) is 0.647. The predicted octanol–water partition coefficient (Wildman–Crippen LogP) is 2.31. The van der Waals surface area contributed by atoms with E-state index in [2.05, 4.69) is 10.1 Å². The first-order valence-corrected chi connectivity index (χ1v) is 9.57. The van der Waals surface area contributed by atoms with Crippen LogP contribution in [0.3, 0.4) is 0 Å². The van der Waals surface area contributed by atoms with Gasteiger partial charge in [-0.15, -0.1) is 0 Å². The van der Waals surface area contributed by atoms with Crippen LogP contribution in [0.5, 0.6) is 5.75 Å². The topological polar surface area (TPSA) is 73.6 Å². The molecule has 0 N–H and O–H groups in total. The van der Waals surface area contributed by atoms with Gasteiger partial charge >= 0.3 is 0 Å². The van der Waals surface area contributed by atoms with E-state index in [1.807, 2.05) is 42.5 Å². The van der Waals surface area contributed by atoms with Crippen molar-refractivity contribution in [2.75, 3.05) is 7.11 Å². The highest BCUT2D eigenvalue weighted by atomic mass is 35.5. The lowest BCUT2D eigenvalue weighted by Gasteiger charge is -2.02. The molecule has 0 atom stereocenters. The van der Waals surface area contributed by atoms with E-state index in [4.69, 9.17) is 16.3 Å². The van der Waals surface area contributed by atoms with E-state index in [0.29, 0.717) is 15.3 Å². The molecule has 0 saturated carbocycles. The van der Waals surface area contributed by atoms with Gasteiger partial charge in [0, 0.05) is 17.0 Å². The molecule has 0 aliphatic heterocycles. The van der Waals surface area contributed by atoms with Crippen LogP contribution in [0.2, 0.25) is 5.02 Å². The average molecular weight is 412 g/mol. The van der Waals surface area contributed by atoms with Gasteiger partial charge in [-0.25, -0.2) is 0 Å². The molecule has 0 spiro atoms. The third-order valence-electron chi connectivity index (χ3n) is 4.19. The van der Waals surface area contributed by atoms with Crippen molar-refractivity contribution in [3.05, 3.63) is 95.6 Å². The molecule has 0 radical (unpaired) electrons. The number of hydrogen-bond acceptors (Lipinski definition) is 6. The number of para-hydroxylation sites is 1.